The monoisotopic (exact) mass is 208 g/mol. The molecule has 0 saturated heterocycles. The van der Waals surface area contributed by atoms with Gasteiger partial charge in [-0.15, -0.1) is 6.58 Å². The van der Waals surface area contributed by atoms with Crippen LogP contribution >= 0.6 is 0 Å². The summed E-state index contributed by atoms with van der Waals surface area (Å²) in [6.45, 7) is 6.06. The molecule has 0 aromatic carbocycles. The van der Waals surface area contributed by atoms with E-state index in [-0.39, 0.29) is 0 Å². The minimum Gasteiger partial charge on any atom is -0.103 e. The van der Waals surface area contributed by atoms with Crippen LogP contribution in [-0.4, -0.2) is 0 Å². The van der Waals surface area contributed by atoms with Gasteiger partial charge in [-0.1, -0.05) is 51.5 Å². The van der Waals surface area contributed by atoms with Gasteiger partial charge >= 0.3 is 0 Å². The van der Waals surface area contributed by atoms with Gasteiger partial charge in [-0.2, -0.15) is 0 Å². The molecule has 0 aromatic rings. The first-order chi connectivity index (χ1) is 7.36. The Hall–Kier alpha value is -0.260. The fraction of sp³-hybridized carbons (Fsp3) is 0.867. The summed E-state index contributed by atoms with van der Waals surface area (Å²) in [5.74, 6) is 2.18. The number of rotatable bonds is 9. The first-order valence-electron chi connectivity index (χ1n) is 6.97. The van der Waals surface area contributed by atoms with Crippen molar-refractivity contribution in [3.8, 4) is 0 Å². The van der Waals surface area contributed by atoms with E-state index in [2.05, 4.69) is 13.5 Å². The van der Waals surface area contributed by atoms with E-state index in [0.717, 1.165) is 11.8 Å². The third-order valence-electron chi connectivity index (χ3n) is 3.82. The Kier molecular flexibility index (Phi) is 6.80. The summed E-state index contributed by atoms with van der Waals surface area (Å²) in [7, 11) is 0. The van der Waals surface area contributed by atoms with E-state index in [1.165, 1.54) is 64.2 Å². The highest BCUT2D eigenvalue weighted by molar-refractivity contribution is 4.79. The summed E-state index contributed by atoms with van der Waals surface area (Å²) < 4.78 is 0. The SMILES string of the molecule is C=CCCCCC1CC(CCCCC)C1. The molecule has 0 heterocycles. The van der Waals surface area contributed by atoms with E-state index >= 15 is 0 Å². The normalized spacial score (nSPS) is 24.9. The Morgan fingerprint density at radius 2 is 1.60 bits per heavy atom. The second kappa shape index (κ2) is 7.96. The van der Waals surface area contributed by atoms with E-state index in [0.29, 0.717) is 0 Å². The van der Waals surface area contributed by atoms with Crippen molar-refractivity contribution in [3.05, 3.63) is 12.7 Å². The lowest BCUT2D eigenvalue weighted by Crippen LogP contribution is -2.23. The predicted molar refractivity (Wildman–Crippen MR) is 69.0 cm³/mol. The Labute approximate surface area is 96.2 Å². The molecule has 0 spiro atoms. The minimum absolute atomic E-state index is 1.08. The highest BCUT2D eigenvalue weighted by Crippen LogP contribution is 2.40. The predicted octanol–water partition coefficient (Wildman–Crippen LogP) is 5.34. The van der Waals surface area contributed by atoms with E-state index in [1.54, 1.807) is 0 Å². The first-order valence-corrected chi connectivity index (χ1v) is 6.97. The lowest BCUT2D eigenvalue weighted by Gasteiger charge is -2.35. The van der Waals surface area contributed by atoms with Crippen LogP contribution in [-0.2, 0) is 0 Å². The van der Waals surface area contributed by atoms with Crippen molar-refractivity contribution in [1.29, 1.82) is 0 Å². The molecule has 1 aliphatic carbocycles. The zero-order valence-electron chi connectivity index (χ0n) is 10.5. The van der Waals surface area contributed by atoms with Crippen molar-refractivity contribution in [1.82, 2.24) is 0 Å². The summed E-state index contributed by atoms with van der Waals surface area (Å²) in [6, 6.07) is 0. The standard InChI is InChI=1S/C15H28/c1-3-5-7-9-11-15-12-14(13-15)10-8-6-4-2/h3,14-15H,1,4-13H2,2H3. The van der Waals surface area contributed by atoms with Crippen molar-refractivity contribution in [3.63, 3.8) is 0 Å². The number of unbranched alkanes of at least 4 members (excludes halogenated alkanes) is 4. The summed E-state index contributed by atoms with van der Waals surface area (Å²) in [5.41, 5.74) is 0. The summed E-state index contributed by atoms with van der Waals surface area (Å²) in [5, 5.41) is 0. The Morgan fingerprint density at radius 3 is 2.13 bits per heavy atom. The van der Waals surface area contributed by atoms with Crippen LogP contribution < -0.4 is 0 Å². The van der Waals surface area contributed by atoms with E-state index in [4.69, 9.17) is 0 Å². The van der Waals surface area contributed by atoms with Crippen LogP contribution in [0, 0.1) is 11.8 Å². The molecule has 0 nitrogen and oxygen atoms in total. The molecule has 0 atom stereocenters. The number of hydrogen-bond acceptors (Lipinski definition) is 0. The second-order valence-corrected chi connectivity index (χ2v) is 5.27. The van der Waals surface area contributed by atoms with Crippen molar-refractivity contribution in [2.45, 2.75) is 71.1 Å². The molecule has 0 aromatic heterocycles. The van der Waals surface area contributed by atoms with Gasteiger partial charge in [0, 0.05) is 0 Å². The summed E-state index contributed by atoms with van der Waals surface area (Å²) in [6.07, 6.45) is 16.4. The van der Waals surface area contributed by atoms with E-state index in [1.807, 2.05) is 6.08 Å². The second-order valence-electron chi connectivity index (χ2n) is 5.27. The first kappa shape index (κ1) is 12.8. The lowest BCUT2D eigenvalue weighted by molar-refractivity contribution is 0.164. The van der Waals surface area contributed by atoms with Gasteiger partial charge in [-0.05, 0) is 37.5 Å². The topological polar surface area (TPSA) is 0 Å². The Balaban J connectivity index is 1.85. The average Bonchev–Trinajstić information content (AvgIpc) is 2.19. The molecule has 1 aliphatic rings. The molecular weight excluding hydrogens is 180 g/mol. The van der Waals surface area contributed by atoms with Crippen LogP contribution in [0.5, 0.6) is 0 Å². The van der Waals surface area contributed by atoms with E-state index < -0.39 is 0 Å². The number of hydrogen-bond donors (Lipinski definition) is 0. The van der Waals surface area contributed by atoms with Crippen molar-refractivity contribution in [2.24, 2.45) is 11.8 Å². The molecular formula is C15H28. The Morgan fingerprint density at radius 1 is 1.00 bits per heavy atom. The maximum Gasteiger partial charge on any atom is -0.0353 e. The van der Waals surface area contributed by atoms with Crippen molar-refractivity contribution >= 4 is 0 Å². The number of allylic oxidation sites excluding steroid dienone is 1. The molecule has 15 heavy (non-hydrogen) atoms. The molecule has 1 saturated carbocycles. The quantitative estimate of drug-likeness (QED) is 0.354. The van der Waals surface area contributed by atoms with Crippen LogP contribution in [0.15, 0.2) is 12.7 Å². The third-order valence-corrected chi connectivity index (χ3v) is 3.82. The van der Waals surface area contributed by atoms with Gasteiger partial charge in [-0.3, -0.25) is 0 Å². The minimum atomic E-state index is 1.08. The van der Waals surface area contributed by atoms with Crippen molar-refractivity contribution in [2.75, 3.05) is 0 Å². The van der Waals surface area contributed by atoms with Crippen LogP contribution in [0.3, 0.4) is 0 Å². The third kappa shape index (κ3) is 5.39. The van der Waals surface area contributed by atoms with Gasteiger partial charge in [0.25, 0.3) is 0 Å². The van der Waals surface area contributed by atoms with Crippen LogP contribution in [0.4, 0.5) is 0 Å². The maximum absolute atomic E-state index is 3.77. The molecule has 0 amide bonds. The molecule has 0 bridgehead atoms. The highest BCUT2D eigenvalue weighted by atomic mass is 14.3. The molecule has 0 N–H and O–H groups in total. The van der Waals surface area contributed by atoms with E-state index in [9.17, 15) is 0 Å². The van der Waals surface area contributed by atoms with Crippen molar-refractivity contribution < 1.29 is 0 Å². The largest absolute Gasteiger partial charge is 0.103 e. The zero-order chi connectivity index (χ0) is 10.9. The van der Waals surface area contributed by atoms with Gasteiger partial charge in [0.2, 0.25) is 0 Å². The fourth-order valence-electron chi connectivity index (χ4n) is 2.75. The molecule has 1 fully saturated rings. The van der Waals surface area contributed by atoms with Gasteiger partial charge in [0.15, 0.2) is 0 Å². The van der Waals surface area contributed by atoms with Crippen LogP contribution in [0.1, 0.15) is 71.1 Å². The highest BCUT2D eigenvalue weighted by Gasteiger charge is 2.27. The molecule has 1 rings (SSSR count). The molecule has 88 valence electrons. The average molecular weight is 208 g/mol. The molecule has 0 heteroatoms. The van der Waals surface area contributed by atoms with Gasteiger partial charge in [0.05, 0.1) is 0 Å². The molecule has 0 aliphatic heterocycles. The Bertz CT molecular complexity index is 153. The van der Waals surface area contributed by atoms with Gasteiger partial charge in [-0.25, -0.2) is 0 Å². The van der Waals surface area contributed by atoms with Crippen LogP contribution in [0.25, 0.3) is 0 Å². The maximum atomic E-state index is 3.77. The van der Waals surface area contributed by atoms with Crippen LogP contribution in [0.2, 0.25) is 0 Å². The van der Waals surface area contributed by atoms with Gasteiger partial charge in [0.1, 0.15) is 0 Å². The fourth-order valence-corrected chi connectivity index (χ4v) is 2.75. The lowest BCUT2D eigenvalue weighted by atomic mass is 9.70. The zero-order valence-corrected chi connectivity index (χ0v) is 10.5. The summed E-state index contributed by atoms with van der Waals surface area (Å²) >= 11 is 0. The van der Waals surface area contributed by atoms with Gasteiger partial charge < -0.3 is 0 Å². The smallest absolute Gasteiger partial charge is 0.0353 e. The molecule has 0 radical (unpaired) electrons. The molecule has 0 unspecified atom stereocenters. The summed E-state index contributed by atoms with van der Waals surface area (Å²) in [4.78, 5) is 0.